The molecular formula is C15H24N4O3. The Bertz CT molecular complexity index is 515. The minimum absolute atomic E-state index is 0.0559. The molecule has 0 bridgehead atoms. The number of likely N-dealkylation sites (tertiary alicyclic amines) is 1. The van der Waals surface area contributed by atoms with Gasteiger partial charge in [0.15, 0.2) is 0 Å². The molecule has 1 aliphatic carbocycles. The summed E-state index contributed by atoms with van der Waals surface area (Å²) in [4.78, 5) is 39.8. The van der Waals surface area contributed by atoms with Crippen molar-refractivity contribution < 1.29 is 14.4 Å². The van der Waals surface area contributed by atoms with Crippen LogP contribution < -0.4 is 11.1 Å². The van der Waals surface area contributed by atoms with Gasteiger partial charge in [0.05, 0.1) is 0 Å². The molecule has 3 N–H and O–H groups in total. The molecule has 7 heteroatoms. The second-order valence-corrected chi connectivity index (χ2v) is 7.19. The molecule has 4 amide bonds. The molecule has 22 heavy (non-hydrogen) atoms. The molecule has 122 valence electrons. The summed E-state index contributed by atoms with van der Waals surface area (Å²) in [7, 11) is 0. The van der Waals surface area contributed by atoms with Crippen LogP contribution in [0.4, 0.5) is 4.79 Å². The Labute approximate surface area is 130 Å². The minimum Gasteiger partial charge on any atom is -0.341 e. The fourth-order valence-corrected chi connectivity index (χ4v) is 3.78. The molecule has 3 fully saturated rings. The number of nitrogens with one attached hydrogen (secondary N) is 1. The smallest absolute Gasteiger partial charge is 0.325 e. The summed E-state index contributed by atoms with van der Waals surface area (Å²) >= 11 is 0. The first-order valence-corrected chi connectivity index (χ1v) is 8.01. The van der Waals surface area contributed by atoms with Crippen LogP contribution in [0.1, 0.15) is 39.0 Å². The van der Waals surface area contributed by atoms with E-state index in [1.807, 2.05) is 0 Å². The summed E-state index contributed by atoms with van der Waals surface area (Å²) in [6.45, 7) is 3.66. The predicted octanol–water partition coefficient (Wildman–Crippen LogP) is 0.0483. The fraction of sp³-hybridized carbons (Fsp3) is 0.800. The highest BCUT2D eigenvalue weighted by Gasteiger charge is 2.53. The molecule has 3 aliphatic rings. The molecule has 7 nitrogen and oxygen atoms in total. The van der Waals surface area contributed by atoms with Gasteiger partial charge in [-0.15, -0.1) is 0 Å². The Kier molecular flexibility index (Phi) is 3.63. The molecule has 2 aliphatic heterocycles. The van der Waals surface area contributed by atoms with E-state index in [1.165, 1.54) is 0 Å². The first kappa shape index (κ1) is 15.3. The zero-order valence-corrected chi connectivity index (χ0v) is 13.1. The molecule has 1 saturated carbocycles. The van der Waals surface area contributed by atoms with Gasteiger partial charge in [-0.1, -0.05) is 19.8 Å². The van der Waals surface area contributed by atoms with Crippen LogP contribution in [0.2, 0.25) is 0 Å². The number of rotatable bonds is 3. The van der Waals surface area contributed by atoms with E-state index >= 15 is 0 Å². The van der Waals surface area contributed by atoms with Crippen LogP contribution in [0.25, 0.3) is 0 Å². The van der Waals surface area contributed by atoms with Gasteiger partial charge in [0.1, 0.15) is 12.1 Å². The molecule has 1 unspecified atom stereocenters. The highest BCUT2D eigenvalue weighted by molar-refractivity contribution is 6.09. The van der Waals surface area contributed by atoms with Crippen molar-refractivity contribution in [1.82, 2.24) is 15.1 Å². The summed E-state index contributed by atoms with van der Waals surface area (Å²) in [6, 6.07) is -0.430. The summed E-state index contributed by atoms with van der Waals surface area (Å²) in [5, 5.41) is 2.80. The maximum Gasteiger partial charge on any atom is 0.325 e. The SMILES string of the molecule is CC1(CN)CCN(C(=O)CN2C(=O)NC3(CCCC3)C2=O)C1. The minimum atomic E-state index is -0.742. The van der Waals surface area contributed by atoms with Crippen LogP contribution in [0.5, 0.6) is 0 Å². The van der Waals surface area contributed by atoms with Crippen LogP contribution in [0.15, 0.2) is 0 Å². The lowest BCUT2D eigenvalue weighted by atomic mass is 9.90. The number of nitrogens with two attached hydrogens (primary N) is 1. The van der Waals surface area contributed by atoms with Crippen molar-refractivity contribution >= 4 is 17.8 Å². The molecule has 0 aromatic carbocycles. The van der Waals surface area contributed by atoms with E-state index in [0.717, 1.165) is 24.2 Å². The first-order valence-electron chi connectivity index (χ1n) is 8.01. The first-order chi connectivity index (χ1) is 10.4. The van der Waals surface area contributed by atoms with Crippen molar-refractivity contribution in [1.29, 1.82) is 0 Å². The second-order valence-electron chi connectivity index (χ2n) is 7.19. The standard InChI is InChI=1S/C15H24N4O3/c1-14(9-16)6-7-18(10-14)11(20)8-19-12(21)15(17-13(19)22)4-2-3-5-15/h2-10,16H2,1H3,(H,17,22). The highest BCUT2D eigenvalue weighted by atomic mass is 16.2. The van der Waals surface area contributed by atoms with Crippen LogP contribution in [0, 0.1) is 5.41 Å². The molecule has 0 aromatic rings. The molecular weight excluding hydrogens is 284 g/mol. The van der Waals surface area contributed by atoms with Crippen LogP contribution in [0.3, 0.4) is 0 Å². The van der Waals surface area contributed by atoms with E-state index in [4.69, 9.17) is 5.73 Å². The Hall–Kier alpha value is -1.63. The number of urea groups is 1. The van der Waals surface area contributed by atoms with Crippen molar-refractivity contribution in [3.8, 4) is 0 Å². The average molecular weight is 308 g/mol. The van der Waals surface area contributed by atoms with Crippen molar-refractivity contribution in [2.45, 2.75) is 44.6 Å². The van der Waals surface area contributed by atoms with Gasteiger partial charge >= 0.3 is 6.03 Å². The van der Waals surface area contributed by atoms with Gasteiger partial charge < -0.3 is 16.0 Å². The Balaban J connectivity index is 1.65. The summed E-state index contributed by atoms with van der Waals surface area (Å²) < 4.78 is 0. The van der Waals surface area contributed by atoms with E-state index in [1.54, 1.807) is 4.90 Å². The van der Waals surface area contributed by atoms with Gasteiger partial charge in [-0.2, -0.15) is 0 Å². The number of amides is 4. The Morgan fingerprint density at radius 3 is 2.55 bits per heavy atom. The largest absolute Gasteiger partial charge is 0.341 e. The van der Waals surface area contributed by atoms with Crippen molar-refractivity contribution in [3.05, 3.63) is 0 Å². The third kappa shape index (κ3) is 2.37. The van der Waals surface area contributed by atoms with E-state index in [2.05, 4.69) is 12.2 Å². The summed E-state index contributed by atoms with van der Waals surface area (Å²) in [6.07, 6.45) is 4.09. The van der Waals surface area contributed by atoms with Crippen LogP contribution in [-0.2, 0) is 9.59 Å². The fourth-order valence-electron chi connectivity index (χ4n) is 3.78. The third-order valence-corrected chi connectivity index (χ3v) is 5.40. The lowest BCUT2D eigenvalue weighted by molar-refractivity contribution is -0.138. The van der Waals surface area contributed by atoms with Gasteiger partial charge in [-0.3, -0.25) is 14.5 Å². The number of carbonyl (C=O) groups excluding carboxylic acids is 3. The molecule has 3 rings (SSSR count). The third-order valence-electron chi connectivity index (χ3n) is 5.40. The molecule has 1 atom stereocenters. The second kappa shape index (κ2) is 5.22. The maximum absolute atomic E-state index is 12.5. The lowest BCUT2D eigenvalue weighted by Crippen LogP contribution is -2.46. The van der Waals surface area contributed by atoms with Crippen molar-refractivity contribution in [2.75, 3.05) is 26.2 Å². The molecule has 0 radical (unpaired) electrons. The molecule has 1 spiro atoms. The average Bonchev–Trinajstić information content (AvgIpc) is 3.16. The van der Waals surface area contributed by atoms with Crippen LogP contribution in [-0.4, -0.2) is 59.4 Å². The molecule has 0 aromatic heterocycles. The quantitative estimate of drug-likeness (QED) is 0.720. The van der Waals surface area contributed by atoms with Crippen molar-refractivity contribution in [3.63, 3.8) is 0 Å². The van der Waals surface area contributed by atoms with E-state index < -0.39 is 11.6 Å². The van der Waals surface area contributed by atoms with Gasteiger partial charge in [-0.05, 0) is 31.2 Å². The Morgan fingerprint density at radius 1 is 1.27 bits per heavy atom. The zero-order valence-electron chi connectivity index (χ0n) is 13.1. The zero-order chi connectivity index (χ0) is 16.0. The Morgan fingerprint density at radius 2 is 1.95 bits per heavy atom. The van der Waals surface area contributed by atoms with Gasteiger partial charge in [0.25, 0.3) is 5.91 Å². The van der Waals surface area contributed by atoms with Gasteiger partial charge in [-0.25, -0.2) is 4.79 Å². The highest BCUT2D eigenvalue weighted by Crippen LogP contribution is 2.35. The number of carbonyl (C=O) groups is 3. The number of nitrogens with zero attached hydrogens (tertiary/aromatic N) is 2. The van der Waals surface area contributed by atoms with E-state index in [-0.39, 0.29) is 23.8 Å². The number of hydrogen-bond donors (Lipinski definition) is 2. The van der Waals surface area contributed by atoms with Gasteiger partial charge in [0.2, 0.25) is 5.91 Å². The normalized spacial score (nSPS) is 30.5. The lowest BCUT2D eigenvalue weighted by Gasteiger charge is -2.24. The molecule has 2 heterocycles. The number of hydrogen-bond acceptors (Lipinski definition) is 4. The predicted molar refractivity (Wildman–Crippen MR) is 79.8 cm³/mol. The summed E-state index contributed by atoms with van der Waals surface area (Å²) in [5.74, 6) is -0.403. The topological polar surface area (TPSA) is 95.7 Å². The van der Waals surface area contributed by atoms with Crippen LogP contribution >= 0.6 is 0 Å². The van der Waals surface area contributed by atoms with Crippen molar-refractivity contribution in [2.24, 2.45) is 11.1 Å². The monoisotopic (exact) mass is 308 g/mol. The maximum atomic E-state index is 12.5. The van der Waals surface area contributed by atoms with E-state index in [0.29, 0.717) is 32.5 Å². The summed E-state index contributed by atoms with van der Waals surface area (Å²) in [5.41, 5.74) is 4.95. The number of imide groups is 1. The molecule has 2 saturated heterocycles. The van der Waals surface area contributed by atoms with Gasteiger partial charge in [0, 0.05) is 13.1 Å². The van der Waals surface area contributed by atoms with E-state index in [9.17, 15) is 14.4 Å².